The van der Waals surface area contributed by atoms with Gasteiger partial charge in [0, 0.05) is 13.5 Å². The van der Waals surface area contributed by atoms with Crippen molar-refractivity contribution in [1.82, 2.24) is 5.48 Å². The SMILES string of the molecule is C=C/C=C(\C=C/C)C(CCC(=O)NO)OC.CC. The quantitative estimate of drug-likeness (QED) is 0.417. The molecule has 0 bridgehead atoms. The molecule has 4 nitrogen and oxygen atoms in total. The van der Waals surface area contributed by atoms with Crippen LogP contribution in [0.3, 0.4) is 0 Å². The highest BCUT2D eigenvalue weighted by atomic mass is 16.5. The summed E-state index contributed by atoms with van der Waals surface area (Å²) in [5, 5.41) is 8.38. The normalized spacial score (nSPS) is 12.6. The van der Waals surface area contributed by atoms with Gasteiger partial charge in [-0.25, -0.2) is 5.48 Å². The molecule has 0 aromatic rings. The van der Waals surface area contributed by atoms with Crippen LogP contribution < -0.4 is 5.48 Å². The first kappa shape index (κ1) is 19.0. The molecule has 0 spiro atoms. The van der Waals surface area contributed by atoms with Gasteiger partial charge >= 0.3 is 0 Å². The summed E-state index contributed by atoms with van der Waals surface area (Å²) in [7, 11) is 1.59. The van der Waals surface area contributed by atoms with Crippen LogP contribution in [-0.2, 0) is 9.53 Å². The molecule has 4 heteroatoms. The number of nitrogens with one attached hydrogen (secondary N) is 1. The number of rotatable bonds is 7. The second kappa shape index (κ2) is 13.7. The molecule has 0 saturated carbocycles. The third kappa shape index (κ3) is 8.73. The minimum absolute atomic E-state index is 0.175. The van der Waals surface area contributed by atoms with Crippen molar-refractivity contribution in [3.05, 3.63) is 36.5 Å². The van der Waals surface area contributed by atoms with Crippen molar-refractivity contribution in [3.8, 4) is 0 Å². The van der Waals surface area contributed by atoms with Crippen LogP contribution in [-0.4, -0.2) is 24.3 Å². The summed E-state index contributed by atoms with van der Waals surface area (Å²) in [6, 6.07) is 0. The number of carbonyl (C=O) groups excluding carboxylic acids is 1. The van der Waals surface area contributed by atoms with E-state index < -0.39 is 5.91 Å². The summed E-state index contributed by atoms with van der Waals surface area (Å²) in [6.45, 7) is 9.53. The van der Waals surface area contributed by atoms with Crippen LogP contribution in [0.25, 0.3) is 0 Å². The number of hydroxylamine groups is 1. The Hall–Kier alpha value is -1.39. The van der Waals surface area contributed by atoms with E-state index in [9.17, 15) is 4.79 Å². The highest BCUT2D eigenvalue weighted by Crippen LogP contribution is 2.14. The number of ether oxygens (including phenoxy) is 1. The molecule has 0 rings (SSSR count). The Labute approximate surface area is 110 Å². The Bertz CT molecular complexity index is 283. The first-order chi connectivity index (χ1) is 8.69. The molecule has 0 aliphatic carbocycles. The van der Waals surface area contributed by atoms with E-state index in [0.717, 1.165) is 5.57 Å². The third-order valence-corrected chi connectivity index (χ3v) is 2.08. The number of hydrogen-bond acceptors (Lipinski definition) is 3. The Morgan fingerprint density at radius 1 is 1.50 bits per heavy atom. The largest absolute Gasteiger partial charge is 0.377 e. The van der Waals surface area contributed by atoms with Gasteiger partial charge in [-0.15, -0.1) is 0 Å². The van der Waals surface area contributed by atoms with E-state index in [0.29, 0.717) is 6.42 Å². The van der Waals surface area contributed by atoms with Gasteiger partial charge in [-0.05, 0) is 18.9 Å². The highest BCUT2D eigenvalue weighted by molar-refractivity contribution is 5.74. The first-order valence-corrected chi connectivity index (χ1v) is 6.10. The molecule has 104 valence electrons. The zero-order chi connectivity index (χ0) is 14.4. The predicted molar refractivity (Wildman–Crippen MR) is 74.4 cm³/mol. The van der Waals surface area contributed by atoms with Crippen LogP contribution >= 0.6 is 0 Å². The summed E-state index contributed by atoms with van der Waals surface area (Å²) < 4.78 is 5.28. The lowest BCUT2D eigenvalue weighted by Crippen LogP contribution is -2.22. The Balaban J connectivity index is 0. The molecule has 0 radical (unpaired) electrons. The van der Waals surface area contributed by atoms with Gasteiger partial charge in [0.25, 0.3) is 0 Å². The number of allylic oxidation sites excluding steroid dienone is 3. The second-order valence-corrected chi connectivity index (χ2v) is 3.20. The molecular weight excluding hydrogens is 230 g/mol. The molecule has 1 atom stereocenters. The molecule has 0 fully saturated rings. The van der Waals surface area contributed by atoms with Crippen LogP contribution in [0.1, 0.15) is 33.6 Å². The second-order valence-electron chi connectivity index (χ2n) is 3.20. The van der Waals surface area contributed by atoms with Gasteiger partial charge < -0.3 is 4.74 Å². The average molecular weight is 255 g/mol. The summed E-state index contributed by atoms with van der Waals surface area (Å²) >= 11 is 0. The van der Waals surface area contributed by atoms with Crippen molar-refractivity contribution in [2.45, 2.75) is 39.7 Å². The maximum atomic E-state index is 10.9. The molecule has 0 heterocycles. The van der Waals surface area contributed by atoms with E-state index in [4.69, 9.17) is 9.94 Å². The van der Waals surface area contributed by atoms with Crippen LogP contribution in [0.15, 0.2) is 36.5 Å². The van der Waals surface area contributed by atoms with Crippen molar-refractivity contribution in [3.63, 3.8) is 0 Å². The molecule has 0 saturated heterocycles. The zero-order valence-corrected chi connectivity index (χ0v) is 11.8. The van der Waals surface area contributed by atoms with Gasteiger partial charge in [-0.1, -0.05) is 44.7 Å². The number of amides is 1. The molecule has 1 unspecified atom stereocenters. The smallest absolute Gasteiger partial charge is 0.243 e. The maximum absolute atomic E-state index is 10.9. The summed E-state index contributed by atoms with van der Waals surface area (Å²) in [5.74, 6) is -0.416. The van der Waals surface area contributed by atoms with E-state index >= 15 is 0 Å². The lowest BCUT2D eigenvalue weighted by atomic mass is 10.0. The maximum Gasteiger partial charge on any atom is 0.243 e. The molecule has 18 heavy (non-hydrogen) atoms. The molecule has 2 N–H and O–H groups in total. The summed E-state index contributed by atoms with van der Waals surface area (Å²) in [4.78, 5) is 10.9. The minimum atomic E-state index is -0.416. The first-order valence-electron chi connectivity index (χ1n) is 6.10. The van der Waals surface area contributed by atoms with Crippen LogP contribution in [0, 0.1) is 0 Å². The van der Waals surface area contributed by atoms with Crippen molar-refractivity contribution in [2.24, 2.45) is 0 Å². The van der Waals surface area contributed by atoms with Crippen LogP contribution in [0.2, 0.25) is 0 Å². The molecule has 0 aromatic heterocycles. The Morgan fingerprint density at radius 2 is 2.11 bits per heavy atom. The lowest BCUT2D eigenvalue weighted by molar-refractivity contribution is -0.129. The molecule has 1 amide bonds. The van der Waals surface area contributed by atoms with Crippen molar-refractivity contribution in [2.75, 3.05) is 7.11 Å². The van der Waals surface area contributed by atoms with E-state index in [2.05, 4.69) is 6.58 Å². The standard InChI is InChI=1S/C12H19NO3.C2H6/c1-4-6-10(7-5-2)11(16-3)8-9-12(14)13-15;1-2/h4-7,11,15H,1,8-9H2,2-3H3,(H,13,14);1-2H3/b7-5-,10-6+;. The summed E-state index contributed by atoms with van der Waals surface area (Å²) in [6.07, 6.45) is 7.86. The number of hydrogen-bond donors (Lipinski definition) is 2. The van der Waals surface area contributed by atoms with Crippen LogP contribution in [0.5, 0.6) is 0 Å². The van der Waals surface area contributed by atoms with Gasteiger partial charge in [0.1, 0.15) is 0 Å². The van der Waals surface area contributed by atoms with Gasteiger partial charge in [-0.3, -0.25) is 10.0 Å². The molecule has 0 aliphatic heterocycles. The fraction of sp³-hybridized carbons (Fsp3) is 0.500. The topological polar surface area (TPSA) is 58.6 Å². The molecule has 0 aromatic carbocycles. The lowest BCUT2D eigenvalue weighted by Gasteiger charge is -2.15. The zero-order valence-electron chi connectivity index (χ0n) is 11.8. The van der Waals surface area contributed by atoms with Crippen LogP contribution in [0.4, 0.5) is 0 Å². The third-order valence-electron chi connectivity index (χ3n) is 2.08. The van der Waals surface area contributed by atoms with Gasteiger partial charge in [-0.2, -0.15) is 0 Å². The van der Waals surface area contributed by atoms with E-state index in [1.807, 2.05) is 39.0 Å². The van der Waals surface area contributed by atoms with Crippen molar-refractivity contribution in [1.29, 1.82) is 0 Å². The predicted octanol–water partition coefficient (Wildman–Crippen LogP) is 3.00. The Kier molecular flexibility index (Phi) is 14.4. The number of methoxy groups -OCH3 is 1. The van der Waals surface area contributed by atoms with Gasteiger partial charge in [0.15, 0.2) is 0 Å². The van der Waals surface area contributed by atoms with E-state index in [1.54, 1.807) is 18.7 Å². The average Bonchev–Trinajstić information content (AvgIpc) is 2.41. The van der Waals surface area contributed by atoms with E-state index in [1.165, 1.54) is 0 Å². The fourth-order valence-electron chi connectivity index (χ4n) is 1.34. The minimum Gasteiger partial charge on any atom is -0.377 e. The summed E-state index contributed by atoms with van der Waals surface area (Å²) in [5.41, 5.74) is 2.54. The van der Waals surface area contributed by atoms with Crippen molar-refractivity contribution >= 4 is 5.91 Å². The van der Waals surface area contributed by atoms with Crippen molar-refractivity contribution < 1.29 is 14.7 Å². The Morgan fingerprint density at radius 3 is 2.50 bits per heavy atom. The number of carbonyl (C=O) groups is 1. The van der Waals surface area contributed by atoms with E-state index in [-0.39, 0.29) is 12.5 Å². The molecular formula is C14H25NO3. The molecule has 0 aliphatic rings. The van der Waals surface area contributed by atoms with Gasteiger partial charge in [0.2, 0.25) is 5.91 Å². The highest BCUT2D eigenvalue weighted by Gasteiger charge is 2.12. The van der Waals surface area contributed by atoms with Gasteiger partial charge in [0.05, 0.1) is 6.10 Å². The fourth-order valence-corrected chi connectivity index (χ4v) is 1.34. The monoisotopic (exact) mass is 255 g/mol.